The van der Waals surface area contributed by atoms with E-state index in [9.17, 15) is 4.79 Å². The van der Waals surface area contributed by atoms with Crippen molar-refractivity contribution < 1.29 is 4.79 Å². The molecule has 0 fully saturated rings. The number of nitrogens with one attached hydrogen (secondary N) is 1. The number of hydrogen-bond acceptors (Lipinski definition) is 3. The first-order chi connectivity index (χ1) is 10.6. The number of hydrazone groups is 1. The quantitative estimate of drug-likeness (QED) is 0.519. The van der Waals surface area contributed by atoms with Gasteiger partial charge >= 0.3 is 0 Å². The average Bonchev–Trinajstić information content (AvgIpc) is 2.98. The van der Waals surface area contributed by atoms with Crippen molar-refractivity contribution >= 4 is 49.7 Å². The Morgan fingerprint density at radius 3 is 2.64 bits per heavy atom. The van der Waals surface area contributed by atoms with Crippen LogP contribution in [0.2, 0.25) is 0 Å². The minimum atomic E-state index is -0.202. The van der Waals surface area contributed by atoms with Crippen LogP contribution in [-0.2, 0) is 0 Å². The van der Waals surface area contributed by atoms with Crippen LogP contribution in [0.3, 0.4) is 0 Å². The molecule has 110 valence electrons. The maximum atomic E-state index is 12.4. The Labute approximate surface area is 140 Å². The SMILES string of the molecule is C/C(=N\NC(=O)c1cccc2ccccc12)c1ccc(Br)s1. The van der Waals surface area contributed by atoms with E-state index in [1.165, 1.54) is 0 Å². The second-order valence-corrected chi connectivity index (χ2v) is 7.23. The summed E-state index contributed by atoms with van der Waals surface area (Å²) < 4.78 is 1.04. The maximum Gasteiger partial charge on any atom is 0.272 e. The van der Waals surface area contributed by atoms with E-state index >= 15 is 0 Å². The third kappa shape index (κ3) is 3.10. The fraction of sp³-hybridized carbons (Fsp3) is 0.0588. The predicted molar refractivity (Wildman–Crippen MR) is 95.6 cm³/mol. The minimum absolute atomic E-state index is 0.202. The highest BCUT2D eigenvalue weighted by Gasteiger charge is 2.09. The number of amides is 1. The van der Waals surface area contributed by atoms with Gasteiger partial charge in [0.1, 0.15) is 0 Å². The smallest absolute Gasteiger partial charge is 0.267 e. The molecule has 1 amide bonds. The highest BCUT2D eigenvalue weighted by atomic mass is 79.9. The number of fused-ring (bicyclic) bond motifs is 1. The van der Waals surface area contributed by atoms with Crippen LogP contribution in [0.25, 0.3) is 10.8 Å². The fourth-order valence-corrected chi connectivity index (χ4v) is 3.51. The second-order valence-electron chi connectivity index (χ2n) is 4.77. The molecule has 22 heavy (non-hydrogen) atoms. The fourth-order valence-electron chi connectivity index (χ4n) is 2.18. The van der Waals surface area contributed by atoms with Crippen molar-refractivity contribution in [2.24, 2.45) is 5.10 Å². The number of nitrogens with zero attached hydrogens (tertiary/aromatic N) is 1. The Morgan fingerprint density at radius 1 is 1.09 bits per heavy atom. The summed E-state index contributed by atoms with van der Waals surface area (Å²) in [6.07, 6.45) is 0. The molecule has 0 radical (unpaired) electrons. The Kier molecular flexibility index (Phi) is 4.36. The summed E-state index contributed by atoms with van der Waals surface area (Å²) in [5.74, 6) is -0.202. The van der Waals surface area contributed by atoms with E-state index in [2.05, 4.69) is 26.5 Å². The van der Waals surface area contributed by atoms with Gasteiger partial charge < -0.3 is 0 Å². The van der Waals surface area contributed by atoms with Gasteiger partial charge in [0.25, 0.3) is 5.91 Å². The molecule has 3 rings (SSSR count). The zero-order chi connectivity index (χ0) is 15.5. The van der Waals surface area contributed by atoms with Crippen molar-refractivity contribution in [3.8, 4) is 0 Å². The van der Waals surface area contributed by atoms with Crippen molar-refractivity contribution in [3.05, 3.63) is 68.8 Å². The van der Waals surface area contributed by atoms with Crippen molar-refractivity contribution in [2.75, 3.05) is 0 Å². The zero-order valence-electron chi connectivity index (χ0n) is 11.8. The standard InChI is InChI=1S/C17H13BrN2OS/c1-11(15-9-10-16(18)22-15)19-20-17(21)14-8-4-6-12-5-2-3-7-13(12)14/h2-10H,1H3,(H,20,21)/b19-11+. The summed E-state index contributed by atoms with van der Waals surface area (Å²) in [7, 11) is 0. The molecule has 0 unspecified atom stereocenters. The van der Waals surface area contributed by atoms with Gasteiger partial charge in [-0.2, -0.15) is 5.10 Å². The van der Waals surface area contributed by atoms with Crippen molar-refractivity contribution in [3.63, 3.8) is 0 Å². The van der Waals surface area contributed by atoms with Gasteiger partial charge in [-0.15, -0.1) is 11.3 Å². The molecule has 0 aliphatic heterocycles. The van der Waals surface area contributed by atoms with E-state index in [-0.39, 0.29) is 5.91 Å². The first kappa shape index (κ1) is 14.9. The number of benzene rings is 2. The molecule has 0 spiro atoms. The lowest BCUT2D eigenvalue weighted by molar-refractivity contribution is 0.0956. The lowest BCUT2D eigenvalue weighted by atomic mass is 10.0. The number of halogens is 1. The largest absolute Gasteiger partial charge is 0.272 e. The van der Waals surface area contributed by atoms with E-state index in [4.69, 9.17) is 0 Å². The molecule has 0 saturated carbocycles. The van der Waals surface area contributed by atoms with Crippen LogP contribution in [-0.4, -0.2) is 11.6 Å². The van der Waals surface area contributed by atoms with E-state index in [1.54, 1.807) is 11.3 Å². The van der Waals surface area contributed by atoms with E-state index in [1.807, 2.05) is 61.5 Å². The maximum absolute atomic E-state index is 12.4. The molecular weight excluding hydrogens is 360 g/mol. The van der Waals surface area contributed by atoms with E-state index in [0.29, 0.717) is 5.56 Å². The Bertz CT molecular complexity index is 864. The van der Waals surface area contributed by atoms with Crippen LogP contribution < -0.4 is 5.43 Å². The molecule has 3 nitrogen and oxygen atoms in total. The summed E-state index contributed by atoms with van der Waals surface area (Å²) >= 11 is 5.00. The van der Waals surface area contributed by atoms with Crippen LogP contribution in [0.5, 0.6) is 0 Å². The van der Waals surface area contributed by atoms with Gasteiger partial charge in [0.15, 0.2) is 0 Å². The summed E-state index contributed by atoms with van der Waals surface area (Å²) in [4.78, 5) is 13.4. The normalized spacial score (nSPS) is 11.6. The predicted octanol–water partition coefficient (Wildman–Crippen LogP) is 4.82. The number of thiophene rings is 1. The summed E-state index contributed by atoms with van der Waals surface area (Å²) in [6, 6.07) is 17.4. The first-order valence-corrected chi connectivity index (χ1v) is 8.34. The number of carbonyl (C=O) groups excluding carboxylic acids is 1. The molecule has 0 atom stereocenters. The van der Waals surface area contributed by atoms with Gasteiger partial charge in [0, 0.05) is 5.56 Å². The summed E-state index contributed by atoms with van der Waals surface area (Å²) in [5.41, 5.74) is 4.05. The molecule has 0 aliphatic carbocycles. The van der Waals surface area contributed by atoms with Gasteiger partial charge in [0.2, 0.25) is 0 Å². The Morgan fingerprint density at radius 2 is 1.86 bits per heavy atom. The molecule has 1 heterocycles. The lowest BCUT2D eigenvalue weighted by Gasteiger charge is -2.05. The minimum Gasteiger partial charge on any atom is -0.267 e. The van der Waals surface area contributed by atoms with E-state index < -0.39 is 0 Å². The zero-order valence-corrected chi connectivity index (χ0v) is 14.2. The average molecular weight is 373 g/mol. The summed E-state index contributed by atoms with van der Waals surface area (Å²) in [6.45, 7) is 1.88. The van der Waals surface area contributed by atoms with Gasteiger partial charge in [-0.25, -0.2) is 5.43 Å². The lowest BCUT2D eigenvalue weighted by Crippen LogP contribution is -2.19. The number of rotatable bonds is 3. The van der Waals surface area contributed by atoms with E-state index in [0.717, 1.165) is 25.1 Å². The molecule has 2 aromatic carbocycles. The van der Waals surface area contributed by atoms with Crippen LogP contribution in [0.1, 0.15) is 22.2 Å². The van der Waals surface area contributed by atoms with Crippen molar-refractivity contribution in [1.29, 1.82) is 0 Å². The van der Waals surface area contributed by atoms with Crippen molar-refractivity contribution in [2.45, 2.75) is 6.92 Å². The van der Waals surface area contributed by atoms with Crippen LogP contribution >= 0.6 is 27.3 Å². The molecule has 5 heteroatoms. The third-order valence-electron chi connectivity index (χ3n) is 3.29. The second kappa shape index (κ2) is 6.42. The van der Waals surface area contributed by atoms with Crippen LogP contribution in [0, 0.1) is 0 Å². The highest BCUT2D eigenvalue weighted by molar-refractivity contribution is 9.11. The van der Waals surface area contributed by atoms with Gasteiger partial charge in [-0.05, 0) is 51.8 Å². The molecule has 1 aromatic heterocycles. The molecule has 0 aliphatic rings. The van der Waals surface area contributed by atoms with Gasteiger partial charge in [0.05, 0.1) is 14.4 Å². The first-order valence-electron chi connectivity index (χ1n) is 6.73. The van der Waals surface area contributed by atoms with Crippen molar-refractivity contribution in [1.82, 2.24) is 5.43 Å². The third-order valence-corrected chi connectivity index (χ3v) is 5.02. The Hall–Kier alpha value is -1.98. The summed E-state index contributed by atoms with van der Waals surface area (Å²) in [5, 5.41) is 6.16. The van der Waals surface area contributed by atoms with Gasteiger partial charge in [-0.3, -0.25) is 4.79 Å². The molecule has 0 bridgehead atoms. The number of carbonyl (C=O) groups is 1. The molecular formula is C17H13BrN2OS. The number of hydrogen-bond donors (Lipinski definition) is 1. The monoisotopic (exact) mass is 372 g/mol. The Balaban J connectivity index is 1.85. The topological polar surface area (TPSA) is 41.5 Å². The highest BCUT2D eigenvalue weighted by Crippen LogP contribution is 2.22. The molecule has 0 saturated heterocycles. The molecule has 3 aromatic rings. The molecule has 1 N–H and O–H groups in total. The van der Waals surface area contributed by atoms with Crippen LogP contribution in [0.15, 0.2) is 63.5 Å². The van der Waals surface area contributed by atoms with Crippen LogP contribution in [0.4, 0.5) is 0 Å². The van der Waals surface area contributed by atoms with Gasteiger partial charge in [-0.1, -0.05) is 36.4 Å².